The monoisotopic (exact) mass is 348 g/mol. The second kappa shape index (κ2) is 8.48. The van der Waals surface area contributed by atoms with Crippen LogP contribution in [0, 0.1) is 5.92 Å². The van der Waals surface area contributed by atoms with Crippen molar-refractivity contribution >= 4 is 22.5 Å². The molecule has 0 spiro atoms. The van der Waals surface area contributed by atoms with Gasteiger partial charge < -0.3 is 10.1 Å². The number of hydrogen-bond donors (Lipinski definition) is 1. The molecule has 0 aliphatic heterocycles. The number of nitrogens with zero attached hydrogens (tertiary/aromatic N) is 1. The highest BCUT2D eigenvalue weighted by atomic mass is 16.5. The van der Waals surface area contributed by atoms with Crippen LogP contribution in [0.15, 0.2) is 60.8 Å². The zero-order valence-electron chi connectivity index (χ0n) is 15.2. The van der Waals surface area contributed by atoms with Crippen molar-refractivity contribution in [3.05, 3.63) is 66.4 Å². The number of anilines is 1. The Morgan fingerprint density at radius 2 is 1.88 bits per heavy atom. The summed E-state index contributed by atoms with van der Waals surface area (Å²) in [5, 5.41) is 4.04. The summed E-state index contributed by atoms with van der Waals surface area (Å²) in [5.41, 5.74) is 2.86. The second-order valence-electron chi connectivity index (χ2n) is 6.62. The highest BCUT2D eigenvalue weighted by Crippen LogP contribution is 2.22. The van der Waals surface area contributed by atoms with Gasteiger partial charge in [-0.15, -0.1) is 0 Å². The molecule has 1 heterocycles. The Morgan fingerprint density at radius 3 is 2.65 bits per heavy atom. The third kappa shape index (κ3) is 4.60. The van der Waals surface area contributed by atoms with Crippen molar-refractivity contribution in [1.82, 2.24) is 4.98 Å². The maximum absolute atomic E-state index is 12.4. The lowest BCUT2D eigenvalue weighted by molar-refractivity contribution is -0.117. The molecule has 0 aliphatic rings. The molecule has 4 heteroatoms. The van der Waals surface area contributed by atoms with Gasteiger partial charge in [-0.3, -0.25) is 9.78 Å². The largest absolute Gasteiger partial charge is 0.497 e. The van der Waals surface area contributed by atoms with E-state index in [4.69, 9.17) is 4.74 Å². The van der Waals surface area contributed by atoms with Crippen molar-refractivity contribution in [3.63, 3.8) is 0 Å². The number of aryl methyl sites for hydroxylation is 1. The van der Waals surface area contributed by atoms with Gasteiger partial charge in [-0.05, 0) is 48.6 Å². The average molecular weight is 348 g/mol. The summed E-state index contributed by atoms with van der Waals surface area (Å²) in [4.78, 5) is 16.8. The van der Waals surface area contributed by atoms with Gasteiger partial charge in [0.2, 0.25) is 5.91 Å². The van der Waals surface area contributed by atoms with Gasteiger partial charge in [-0.1, -0.05) is 37.3 Å². The van der Waals surface area contributed by atoms with Gasteiger partial charge >= 0.3 is 0 Å². The fourth-order valence-electron chi connectivity index (χ4n) is 3.03. The van der Waals surface area contributed by atoms with E-state index in [1.54, 1.807) is 13.3 Å². The molecule has 1 aromatic heterocycles. The van der Waals surface area contributed by atoms with E-state index in [1.807, 2.05) is 42.5 Å². The number of carbonyl (C=O) groups excluding carboxylic acids is 1. The molecule has 134 valence electrons. The number of aromatic nitrogens is 1. The number of fused-ring (bicyclic) bond motifs is 1. The first-order valence-corrected chi connectivity index (χ1v) is 8.92. The third-order valence-corrected chi connectivity index (χ3v) is 4.53. The predicted octanol–water partition coefficient (Wildman–Crippen LogP) is 4.84. The van der Waals surface area contributed by atoms with E-state index in [2.05, 4.69) is 29.4 Å². The molecule has 3 aromatic rings. The van der Waals surface area contributed by atoms with Crippen molar-refractivity contribution in [2.24, 2.45) is 5.92 Å². The second-order valence-corrected chi connectivity index (χ2v) is 6.62. The molecule has 1 amide bonds. The maximum atomic E-state index is 12.4. The zero-order valence-corrected chi connectivity index (χ0v) is 15.2. The number of para-hydroxylation sites is 1. The van der Waals surface area contributed by atoms with Crippen LogP contribution in [0.25, 0.3) is 10.9 Å². The maximum Gasteiger partial charge on any atom is 0.224 e. The molecule has 0 radical (unpaired) electrons. The summed E-state index contributed by atoms with van der Waals surface area (Å²) in [5.74, 6) is 1.20. The third-order valence-electron chi connectivity index (χ3n) is 4.53. The van der Waals surface area contributed by atoms with E-state index in [-0.39, 0.29) is 5.91 Å². The summed E-state index contributed by atoms with van der Waals surface area (Å²) in [7, 11) is 1.67. The summed E-state index contributed by atoms with van der Waals surface area (Å²) < 4.78 is 5.18. The molecule has 3 rings (SSSR count). The topological polar surface area (TPSA) is 51.2 Å². The summed E-state index contributed by atoms with van der Waals surface area (Å²) in [6.07, 6.45) is 4.16. The first kappa shape index (κ1) is 17.9. The van der Waals surface area contributed by atoms with E-state index < -0.39 is 0 Å². The lowest BCUT2D eigenvalue weighted by atomic mass is 9.98. The van der Waals surface area contributed by atoms with Crippen molar-refractivity contribution in [3.8, 4) is 5.75 Å². The number of carbonyl (C=O) groups is 1. The number of hydrogen-bond acceptors (Lipinski definition) is 3. The van der Waals surface area contributed by atoms with Crippen LogP contribution in [-0.4, -0.2) is 18.0 Å². The molecular formula is C22H24N2O2. The number of amides is 1. The molecule has 1 atom stereocenters. The van der Waals surface area contributed by atoms with Gasteiger partial charge in [0.1, 0.15) is 5.75 Å². The van der Waals surface area contributed by atoms with Crippen LogP contribution in [0.3, 0.4) is 0 Å². The minimum Gasteiger partial charge on any atom is -0.497 e. The van der Waals surface area contributed by atoms with Crippen molar-refractivity contribution < 1.29 is 9.53 Å². The smallest absolute Gasteiger partial charge is 0.224 e. The summed E-state index contributed by atoms with van der Waals surface area (Å²) >= 11 is 0. The van der Waals surface area contributed by atoms with E-state index in [0.717, 1.165) is 35.2 Å². The number of ether oxygens (including phenoxy) is 1. The van der Waals surface area contributed by atoms with Crippen LogP contribution >= 0.6 is 0 Å². The van der Waals surface area contributed by atoms with Gasteiger partial charge in [0, 0.05) is 18.0 Å². The molecule has 0 bridgehead atoms. The number of rotatable bonds is 7. The fraction of sp³-hybridized carbons (Fsp3) is 0.273. The molecule has 0 fully saturated rings. The van der Waals surface area contributed by atoms with Crippen LogP contribution in [0.2, 0.25) is 0 Å². The predicted molar refractivity (Wildman–Crippen MR) is 105 cm³/mol. The standard InChI is InChI=1S/C22H24N2O2/c1-16(8-9-17-10-12-19(26-2)13-11-17)15-21(25)24-20-7-3-5-18-6-4-14-23-22(18)20/h3-7,10-14,16H,8-9,15H2,1-2H3,(H,24,25). The summed E-state index contributed by atoms with van der Waals surface area (Å²) in [6.45, 7) is 2.12. The Labute approximate surface area is 154 Å². The van der Waals surface area contributed by atoms with Crippen LogP contribution in [0.4, 0.5) is 5.69 Å². The van der Waals surface area contributed by atoms with E-state index in [0.29, 0.717) is 12.3 Å². The van der Waals surface area contributed by atoms with Crippen LogP contribution < -0.4 is 10.1 Å². The van der Waals surface area contributed by atoms with Crippen molar-refractivity contribution in [1.29, 1.82) is 0 Å². The Morgan fingerprint density at radius 1 is 1.12 bits per heavy atom. The fourth-order valence-corrected chi connectivity index (χ4v) is 3.03. The molecule has 1 unspecified atom stereocenters. The molecule has 0 saturated heterocycles. The van der Waals surface area contributed by atoms with Crippen LogP contribution in [0.5, 0.6) is 5.75 Å². The minimum absolute atomic E-state index is 0.0328. The molecule has 2 aromatic carbocycles. The Bertz CT molecular complexity index is 869. The highest BCUT2D eigenvalue weighted by Gasteiger charge is 2.11. The molecular weight excluding hydrogens is 324 g/mol. The zero-order chi connectivity index (χ0) is 18.4. The molecule has 1 N–H and O–H groups in total. The number of benzene rings is 2. The average Bonchev–Trinajstić information content (AvgIpc) is 2.67. The number of nitrogens with one attached hydrogen (secondary N) is 1. The van der Waals surface area contributed by atoms with Gasteiger partial charge in [-0.2, -0.15) is 0 Å². The number of pyridine rings is 1. The first-order chi connectivity index (χ1) is 12.7. The molecule has 4 nitrogen and oxygen atoms in total. The lowest BCUT2D eigenvalue weighted by Gasteiger charge is -2.13. The van der Waals surface area contributed by atoms with E-state index >= 15 is 0 Å². The quantitative estimate of drug-likeness (QED) is 0.664. The van der Waals surface area contributed by atoms with Gasteiger partial charge in [0.05, 0.1) is 18.3 Å². The van der Waals surface area contributed by atoms with Gasteiger partial charge in [-0.25, -0.2) is 0 Å². The Hall–Kier alpha value is -2.88. The molecule has 26 heavy (non-hydrogen) atoms. The van der Waals surface area contributed by atoms with E-state index in [1.165, 1.54) is 5.56 Å². The number of methoxy groups -OCH3 is 1. The van der Waals surface area contributed by atoms with Crippen molar-refractivity contribution in [2.45, 2.75) is 26.2 Å². The van der Waals surface area contributed by atoms with E-state index in [9.17, 15) is 4.79 Å². The molecule has 0 saturated carbocycles. The Kier molecular flexibility index (Phi) is 5.84. The van der Waals surface area contributed by atoms with Crippen molar-refractivity contribution in [2.75, 3.05) is 12.4 Å². The SMILES string of the molecule is COc1ccc(CCC(C)CC(=O)Nc2cccc3cccnc23)cc1. The minimum atomic E-state index is 0.0328. The highest BCUT2D eigenvalue weighted by molar-refractivity contribution is 6.00. The van der Waals surface area contributed by atoms with Gasteiger partial charge in [0.15, 0.2) is 0 Å². The normalized spacial score (nSPS) is 11.9. The summed E-state index contributed by atoms with van der Waals surface area (Å²) in [6, 6.07) is 17.8. The molecule has 0 aliphatic carbocycles. The van der Waals surface area contributed by atoms with Crippen LogP contribution in [0.1, 0.15) is 25.3 Å². The van der Waals surface area contributed by atoms with Crippen LogP contribution in [-0.2, 0) is 11.2 Å². The first-order valence-electron chi connectivity index (χ1n) is 8.92. The Balaban J connectivity index is 1.53. The lowest BCUT2D eigenvalue weighted by Crippen LogP contribution is -2.16. The van der Waals surface area contributed by atoms with Gasteiger partial charge in [0.25, 0.3) is 0 Å².